The van der Waals surface area contributed by atoms with E-state index in [1.165, 1.54) is 25.7 Å². The molecule has 2 rings (SSSR count). The van der Waals surface area contributed by atoms with Crippen molar-refractivity contribution >= 4 is 5.95 Å². The lowest BCUT2D eigenvalue weighted by Crippen LogP contribution is -2.21. The number of imidazole rings is 1. The van der Waals surface area contributed by atoms with Crippen molar-refractivity contribution in [2.75, 3.05) is 25.1 Å². The minimum atomic E-state index is 0.800. The van der Waals surface area contributed by atoms with E-state index < -0.39 is 0 Å². The summed E-state index contributed by atoms with van der Waals surface area (Å²) in [6.45, 7) is 10.1. The number of aromatic nitrogens is 2. The van der Waals surface area contributed by atoms with Gasteiger partial charge in [-0.05, 0) is 44.9 Å². The fraction of sp³-hybridized carbons (Fsp3) is 0.824. The lowest BCUT2D eigenvalue weighted by Gasteiger charge is -2.26. The van der Waals surface area contributed by atoms with Crippen molar-refractivity contribution in [2.45, 2.75) is 59.4 Å². The lowest BCUT2D eigenvalue weighted by molar-refractivity contribution is 0.142. The van der Waals surface area contributed by atoms with Crippen molar-refractivity contribution in [3.8, 4) is 0 Å². The number of rotatable bonds is 8. The zero-order valence-electron chi connectivity index (χ0n) is 13.9. The van der Waals surface area contributed by atoms with Crippen LogP contribution in [0.4, 0.5) is 5.95 Å². The minimum absolute atomic E-state index is 0.800. The molecule has 1 saturated carbocycles. The Morgan fingerprint density at radius 3 is 2.81 bits per heavy atom. The molecule has 1 heterocycles. The third-order valence-electron chi connectivity index (χ3n) is 4.47. The second kappa shape index (κ2) is 8.42. The smallest absolute Gasteiger partial charge is 0.203 e. The summed E-state index contributed by atoms with van der Waals surface area (Å²) in [6, 6.07) is 0. The number of aryl methyl sites for hydroxylation is 2. The van der Waals surface area contributed by atoms with Crippen LogP contribution in [0.5, 0.6) is 0 Å². The van der Waals surface area contributed by atoms with Crippen LogP contribution in [-0.4, -0.2) is 29.3 Å². The molecule has 0 spiro atoms. The lowest BCUT2D eigenvalue weighted by atomic mass is 9.83. The van der Waals surface area contributed by atoms with Gasteiger partial charge in [0.2, 0.25) is 5.95 Å². The van der Waals surface area contributed by atoms with Gasteiger partial charge in [0.05, 0.1) is 5.69 Å². The van der Waals surface area contributed by atoms with Gasteiger partial charge in [-0.2, -0.15) is 0 Å². The van der Waals surface area contributed by atoms with E-state index in [2.05, 4.69) is 34.9 Å². The van der Waals surface area contributed by atoms with Gasteiger partial charge in [-0.3, -0.25) is 0 Å². The summed E-state index contributed by atoms with van der Waals surface area (Å²) in [6.07, 6.45) is 8.66. The van der Waals surface area contributed by atoms with Crippen LogP contribution >= 0.6 is 0 Å². The second-order valence-electron chi connectivity index (χ2n) is 6.46. The van der Waals surface area contributed by atoms with Crippen LogP contribution in [0.15, 0.2) is 6.20 Å². The maximum atomic E-state index is 5.41. The molecule has 0 aromatic carbocycles. The van der Waals surface area contributed by atoms with E-state index in [9.17, 15) is 0 Å². The third kappa shape index (κ3) is 5.34. The van der Waals surface area contributed by atoms with Crippen LogP contribution in [0.2, 0.25) is 0 Å². The normalized spacial score (nSPS) is 22.4. The number of hydrogen-bond acceptors (Lipinski definition) is 3. The molecule has 120 valence electrons. The summed E-state index contributed by atoms with van der Waals surface area (Å²) in [5.41, 5.74) is 1.09. The zero-order chi connectivity index (χ0) is 15.1. The molecule has 0 radical (unpaired) electrons. The SMILES string of the molecule is CCOCCCn1cc(C)nc1NCC1CCC(C)CC1. The van der Waals surface area contributed by atoms with Gasteiger partial charge < -0.3 is 14.6 Å². The minimum Gasteiger partial charge on any atom is -0.382 e. The first-order valence-corrected chi connectivity index (χ1v) is 8.54. The van der Waals surface area contributed by atoms with Crippen LogP contribution < -0.4 is 5.32 Å². The molecular formula is C17H31N3O. The van der Waals surface area contributed by atoms with Gasteiger partial charge in [-0.1, -0.05) is 19.8 Å². The van der Waals surface area contributed by atoms with Crippen molar-refractivity contribution in [3.05, 3.63) is 11.9 Å². The van der Waals surface area contributed by atoms with Gasteiger partial charge in [-0.25, -0.2) is 4.98 Å². The monoisotopic (exact) mass is 293 g/mol. The molecule has 0 aliphatic heterocycles. The standard InChI is InChI=1S/C17H31N3O/c1-4-21-11-5-10-20-13-15(3)19-17(20)18-12-16-8-6-14(2)7-9-16/h13-14,16H,4-12H2,1-3H3,(H,18,19). The van der Waals surface area contributed by atoms with Gasteiger partial charge in [0.15, 0.2) is 0 Å². The summed E-state index contributed by atoms with van der Waals surface area (Å²) < 4.78 is 7.65. The van der Waals surface area contributed by atoms with Gasteiger partial charge in [-0.15, -0.1) is 0 Å². The van der Waals surface area contributed by atoms with Gasteiger partial charge in [0.25, 0.3) is 0 Å². The zero-order valence-corrected chi connectivity index (χ0v) is 13.9. The Kier molecular flexibility index (Phi) is 6.55. The molecule has 21 heavy (non-hydrogen) atoms. The summed E-state index contributed by atoms with van der Waals surface area (Å²) in [4.78, 5) is 4.62. The predicted octanol–water partition coefficient (Wildman–Crippen LogP) is 3.86. The fourth-order valence-corrected chi connectivity index (χ4v) is 3.11. The Morgan fingerprint density at radius 1 is 1.33 bits per heavy atom. The summed E-state index contributed by atoms with van der Waals surface area (Å²) >= 11 is 0. The fourth-order valence-electron chi connectivity index (χ4n) is 3.11. The summed E-state index contributed by atoms with van der Waals surface area (Å²) in [5.74, 6) is 2.77. The Labute approximate surface area is 129 Å². The van der Waals surface area contributed by atoms with E-state index in [4.69, 9.17) is 4.74 Å². The molecule has 1 fully saturated rings. The average molecular weight is 293 g/mol. The highest BCUT2D eigenvalue weighted by Crippen LogP contribution is 2.28. The molecule has 0 amide bonds. The van der Waals surface area contributed by atoms with E-state index in [-0.39, 0.29) is 0 Å². The Balaban J connectivity index is 1.79. The molecule has 1 aromatic rings. The second-order valence-corrected chi connectivity index (χ2v) is 6.46. The largest absolute Gasteiger partial charge is 0.382 e. The maximum absolute atomic E-state index is 5.41. The summed E-state index contributed by atoms with van der Waals surface area (Å²) in [7, 11) is 0. The van der Waals surface area contributed by atoms with E-state index in [1.807, 2.05) is 6.92 Å². The number of hydrogen-bond donors (Lipinski definition) is 1. The molecule has 4 heteroatoms. The predicted molar refractivity (Wildman–Crippen MR) is 87.7 cm³/mol. The van der Waals surface area contributed by atoms with Crippen LogP contribution in [-0.2, 0) is 11.3 Å². The van der Waals surface area contributed by atoms with E-state index >= 15 is 0 Å². The van der Waals surface area contributed by atoms with Crippen LogP contribution in [0.3, 0.4) is 0 Å². The van der Waals surface area contributed by atoms with E-state index in [0.29, 0.717) is 0 Å². The number of nitrogens with one attached hydrogen (secondary N) is 1. The van der Waals surface area contributed by atoms with Gasteiger partial charge in [0.1, 0.15) is 0 Å². The van der Waals surface area contributed by atoms with Crippen molar-refractivity contribution in [1.82, 2.24) is 9.55 Å². The molecule has 0 unspecified atom stereocenters. The first-order valence-electron chi connectivity index (χ1n) is 8.54. The van der Waals surface area contributed by atoms with Gasteiger partial charge >= 0.3 is 0 Å². The number of nitrogens with zero attached hydrogens (tertiary/aromatic N) is 2. The Morgan fingerprint density at radius 2 is 2.10 bits per heavy atom. The molecular weight excluding hydrogens is 262 g/mol. The maximum Gasteiger partial charge on any atom is 0.203 e. The molecule has 4 nitrogen and oxygen atoms in total. The molecule has 1 aromatic heterocycles. The topological polar surface area (TPSA) is 39.1 Å². The highest BCUT2D eigenvalue weighted by Gasteiger charge is 2.18. The van der Waals surface area contributed by atoms with E-state index in [0.717, 1.165) is 56.2 Å². The third-order valence-corrected chi connectivity index (χ3v) is 4.47. The highest BCUT2D eigenvalue weighted by molar-refractivity contribution is 5.28. The molecule has 0 atom stereocenters. The van der Waals surface area contributed by atoms with Crippen molar-refractivity contribution in [1.29, 1.82) is 0 Å². The van der Waals surface area contributed by atoms with Crippen molar-refractivity contribution in [2.24, 2.45) is 11.8 Å². The summed E-state index contributed by atoms with van der Waals surface area (Å²) in [5, 5.41) is 3.57. The molecule has 1 aliphatic rings. The first kappa shape index (κ1) is 16.3. The Hall–Kier alpha value is -1.03. The Bertz CT molecular complexity index is 408. The first-order chi connectivity index (χ1) is 10.2. The quantitative estimate of drug-likeness (QED) is 0.740. The van der Waals surface area contributed by atoms with Crippen LogP contribution in [0.1, 0.15) is 51.6 Å². The molecule has 0 saturated heterocycles. The highest BCUT2D eigenvalue weighted by atomic mass is 16.5. The molecule has 1 aliphatic carbocycles. The number of ether oxygens (including phenoxy) is 1. The average Bonchev–Trinajstić information content (AvgIpc) is 2.83. The van der Waals surface area contributed by atoms with Crippen LogP contribution in [0, 0.1) is 18.8 Å². The molecule has 1 N–H and O–H groups in total. The van der Waals surface area contributed by atoms with Crippen molar-refractivity contribution in [3.63, 3.8) is 0 Å². The van der Waals surface area contributed by atoms with E-state index in [1.54, 1.807) is 0 Å². The molecule has 0 bridgehead atoms. The van der Waals surface area contributed by atoms with Crippen LogP contribution in [0.25, 0.3) is 0 Å². The van der Waals surface area contributed by atoms with Gasteiger partial charge in [0, 0.05) is 32.5 Å². The van der Waals surface area contributed by atoms with Crippen molar-refractivity contribution < 1.29 is 4.74 Å². The number of anilines is 1.